The Morgan fingerprint density at radius 2 is 1.94 bits per heavy atom. The summed E-state index contributed by atoms with van der Waals surface area (Å²) in [6.45, 7) is 0.507. The highest BCUT2D eigenvalue weighted by Gasteiger charge is 2.00. The van der Waals surface area contributed by atoms with Crippen LogP contribution in [0.15, 0.2) is 58.2 Å². The van der Waals surface area contributed by atoms with Crippen LogP contribution in [0, 0.1) is 0 Å². The van der Waals surface area contributed by atoms with Gasteiger partial charge in [-0.2, -0.15) is 0 Å². The standard InChI is InChI=1S/C14H12BrNO2/c15-13-6-12(9-16-17)7-14(8-13)18-10-11-4-2-1-3-5-11/h1-9,17H,10H2. The normalized spacial score (nSPS) is 10.7. The molecular formula is C14H12BrNO2. The summed E-state index contributed by atoms with van der Waals surface area (Å²) in [6, 6.07) is 15.5. The molecule has 0 aliphatic carbocycles. The van der Waals surface area contributed by atoms with E-state index in [2.05, 4.69) is 21.1 Å². The molecule has 0 aliphatic rings. The molecule has 4 heteroatoms. The van der Waals surface area contributed by atoms with E-state index in [-0.39, 0.29) is 0 Å². The second kappa shape index (κ2) is 6.21. The molecule has 18 heavy (non-hydrogen) atoms. The maximum absolute atomic E-state index is 8.52. The van der Waals surface area contributed by atoms with Crippen molar-refractivity contribution in [3.63, 3.8) is 0 Å². The van der Waals surface area contributed by atoms with Crippen LogP contribution in [0.4, 0.5) is 0 Å². The van der Waals surface area contributed by atoms with Gasteiger partial charge in [-0.1, -0.05) is 51.4 Å². The molecule has 0 bridgehead atoms. The number of oxime groups is 1. The Bertz CT molecular complexity index is 541. The van der Waals surface area contributed by atoms with Crippen molar-refractivity contribution in [3.8, 4) is 5.75 Å². The second-order valence-corrected chi connectivity index (χ2v) is 4.65. The molecule has 1 N–H and O–H groups in total. The van der Waals surface area contributed by atoms with Crippen LogP contribution in [0.3, 0.4) is 0 Å². The molecule has 0 radical (unpaired) electrons. The first-order valence-corrected chi connectivity index (χ1v) is 6.22. The average molecular weight is 306 g/mol. The van der Waals surface area contributed by atoms with Gasteiger partial charge in [-0.05, 0) is 23.8 Å². The Morgan fingerprint density at radius 1 is 1.17 bits per heavy atom. The molecule has 0 heterocycles. The molecule has 92 valence electrons. The van der Waals surface area contributed by atoms with Crippen LogP contribution in [-0.2, 0) is 6.61 Å². The largest absolute Gasteiger partial charge is 0.489 e. The molecular weight excluding hydrogens is 294 g/mol. The predicted molar refractivity (Wildman–Crippen MR) is 74.3 cm³/mol. The molecule has 0 aliphatic heterocycles. The third-order valence-corrected chi connectivity index (χ3v) is 2.81. The van der Waals surface area contributed by atoms with E-state index >= 15 is 0 Å². The lowest BCUT2D eigenvalue weighted by Gasteiger charge is -2.07. The first-order valence-electron chi connectivity index (χ1n) is 5.42. The van der Waals surface area contributed by atoms with Gasteiger partial charge in [0.1, 0.15) is 12.4 Å². The molecule has 0 spiro atoms. The highest BCUT2D eigenvalue weighted by Crippen LogP contribution is 2.21. The Hall–Kier alpha value is -1.81. The van der Waals surface area contributed by atoms with Gasteiger partial charge >= 0.3 is 0 Å². The van der Waals surface area contributed by atoms with E-state index in [4.69, 9.17) is 9.94 Å². The predicted octanol–water partition coefficient (Wildman–Crippen LogP) is 3.84. The van der Waals surface area contributed by atoms with E-state index < -0.39 is 0 Å². The van der Waals surface area contributed by atoms with Crippen LogP contribution in [0.5, 0.6) is 5.75 Å². The second-order valence-electron chi connectivity index (χ2n) is 3.74. The maximum atomic E-state index is 8.52. The zero-order valence-corrected chi connectivity index (χ0v) is 11.2. The van der Waals surface area contributed by atoms with Gasteiger partial charge in [0, 0.05) is 10.0 Å². The van der Waals surface area contributed by atoms with Gasteiger partial charge in [-0.25, -0.2) is 0 Å². The summed E-state index contributed by atoms with van der Waals surface area (Å²) < 4.78 is 6.56. The van der Waals surface area contributed by atoms with Gasteiger partial charge in [-0.15, -0.1) is 0 Å². The van der Waals surface area contributed by atoms with Gasteiger partial charge in [-0.3, -0.25) is 0 Å². The van der Waals surface area contributed by atoms with Crippen LogP contribution in [-0.4, -0.2) is 11.4 Å². The number of rotatable bonds is 4. The highest BCUT2D eigenvalue weighted by atomic mass is 79.9. The van der Waals surface area contributed by atoms with Gasteiger partial charge in [0.15, 0.2) is 0 Å². The fraction of sp³-hybridized carbons (Fsp3) is 0.0714. The summed E-state index contributed by atoms with van der Waals surface area (Å²) in [6.07, 6.45) is 1.36. The zero-order valence-electron chi connectivity index (χ0n) is 9.58. The SMILES string of the molecule is ON=Cc1cc(Br)cc(OCc2ccccc2)c1. The molecule has 0 saturated heterocycles. The third-order valence-electron chi connectivity index (χ3n) is 2.35. The van der Waals surface area contributed by atoms with Crippen LogP contribution in [0.1, 0.15) is 11.1 Å². The van der Waals surface area contributed by atoms with Crippen molar-refractivity contribution in [3.05, 3.63) is 64.1 Å². The van der Waals surface area contributed by atoms with Crippen molar-refractivity contribution in [2.45, 2.75) is 6.61 Å². The molecule has 0 atom stereocenters. The number of benzene rings is 2. The molecule has 0 fully saturated rings. The van der Waals surface area contributed by atoms with E-state index in [0.29, 0.717) is 6.61 Å². The molecule has 2 rings (SSSR count). The molecule has 0 amide bonds. The monoisotopic (exact) mass is 305 g/mol. The molecule has 0 unspecified atom stereocenters. The minimum Gasteiger partial charge on any atom is -0.489 e. The summed E-state index contributed by atoms with van der Waals surface area (Å²) in [4.78, 5) is 0. The number of hydrogen-bond acceptors (Lipinski definition) is 3. The Labute approximate surface area is 114 Å². The Kier molecular flexibility index (Phi) is 4.36. The average Bonchev–Trinajstić information content (AvgIpc) is 2.37. The fourth-order valence-corrected chi connectivity index (χ4v) is 2.04. The first-order chi connectivity index (χ1) is 8.78. The van der Waals surface area contributed by atoms with Crippen LogP contribution in [0.25, 0.3) is 0 Å². The summed E-state index contributed by atoms with van der Waals surface area (Å²) in [7, 11) is 0. The molecule has 2 aromatic rings. The van der Waals surface area contributed by atoms with Crippen molar-refractivity contribution in [2.75, 3.05) is 0 Å². The molecule has 0 saturated carbocycles. The van der Waals surface area contributed by atoms with Gasteiger partial charge in [0.2, 0.25) is 0 Å². The van der Waals surface area contributed by atoms with Crippen LogP contribution in [0.2, 0.25) is 0 Å². The highest BCUT2D eigenvalue weighted by molar-refractivity contribution is 9.10. The lowest BCUT2D eigenvalue weighted by Crippen LogP contribution is -1.96. The fourth-order valence-electron chi connectivity index (χ4n) is 1.55. The van der Waals surface area contributed by atoms with Gasteiger partial charge in [0.05, 0.1) is 6.21 Å². The number of halogens is 1. The van der Waals surface area contributed by atoms with Crippen molar-refractivity contribution >= 4 is 22.1 Å². The number of hydrogen-bond donors (Lipinski definition) is 1. The van der Waals surface area contributed by atoms with Crippen LogP contribution < -0.4 is 4.74 Å². The van der Waals surface area contributed by atoms with Crippen molar-refractivity contribution in [1.82, 2.24) is 0 Å². The molecule has 3 nitrogen and oxygen atoms in total. The minimum atomic E-state index is 0.507. The molecule has 0 aromatic heterocycles. The van der Waals surface area contributed by atoms with E-state index in [9.17, 15) is 0 Å². The summed E-state index contributed by atoms with van der Waals surface area (Å²) in [5.74, 6) is 0.725. The van der Waals surface area contributed by atoms with E-state index in [1.54, 1.807) is 0 Å². The van der Waals surface area contributed by atoms with Crippen molar-refractivity contribution in [2.24, 2.45) is 5.16 Å². The van der Waals surface area contributed by atoms with Crippen LogP contribution >= 0.6 is 15.9 Å². The van der Waals surface area contributed by atoms with E-state index in [0.717, 1.165) is 21.3 Å². The number of ether oxygens (including phenoxy) is 1. The number of nitrogens with zero attached hydrogens (tertiary/aromatic N) is 1. The topological polar surface area (TPSA) is 41.8 Å². The third kappa shape index (κ3) is 3.60. The van der Waals surface area contributed by atoms with Gasteiger partial charge in [0.25, 0.3) is 0 Å². The summed E-state index contributed by atoms with van der Waals surface area (Å²) in [5.41, 5.74) is 1.88. The summed E-state index contributed by atoms with van der Waals surface area (Å²) >= 11 is 3.39. The lowest BCUT2D eigenvalue weighted by molar-refractivity contribution is 0.306. The van der Waals surface area contributed by atoms with E-state index in [1.165, 1.54) is 6.21 Å². The quantitative estimate of drug-likeness (QED) is 0.530. The maximum Gasteiger partial charge on any atom is 0.121 e. The van der Waals surface area contributed by atoms with E-state index in [1.807, 2.05) is 48.5 Å². The summed E-state index contributed by atoms with van der Waals surface area (Å²) in [5, 5.41) is 11.5. The van der Waals surface area contributed by atoms with Gasteiger partial charge < -0.3 is 9.94 Å². The first kappa shape index (κ1) is 12.6. The Morgan fingerprint density at radius 3 is 2.67 bits per heavy atom. The van der Waals surface area contributed by atoms with Crippen molar-refractivity contribution < 1.29 is 9.94 Å². The Balaban J connectivity index is 2.09. The molecule has 2 aromatic carbocycles. The zero-order chi connectivity index (χ0) is 12.8. The van der Waals surface area contributed by atoms with Crippen molar-refractivity contribution in [1.29, 1.82) is 0 Å². The smallest absolute Gasteiger partial charge is 0.121 e. The lowest BCUT2D eigenvalue weighted by atomic mass is 10.2. The minimum absolute atomic E-state index is 0.507.